The first kappa shape index (κ1) is 12.9. The van der Waals surface area contributed by atoms with Gasteiger partial charge in [-0.15, -0.1) is 11.6 Å². The van der Waals surface area contributed by atoms with Gasteiger partial charge in [-0.2, -0.15) is 22.5 Å². The molecular weight excluding hydrogens is 275 g/mol. The first-order valence-electron chi connectivity index (χ1n) is 5.22. The number of hydrogen-bond donors (Lipinski definition) is 0. The summed E-state index contributed by atoms with van der Waals surface area (Å²) < 4.78 is 40.4. The van der Waals surface area contributed by atoms with Crippen LogP contribution in [0.4, 0.5) is 18.3 Å². The maximum atomic E-state index is 12.4. The van der Waals surface area contributed by atoms with E-state index in [1.165, 1.54) is 0 Å². The lowest BCUT2D eigenvalue weighted by Gasteiger charge is -2.31. The molecule has 0 bridgehead atoms. The van der Waals surface area contributed by atoms with Crippen molar-refractivity contribution in [1.82, 2.24) is 9.36 Å². The van der Waals surface area contributed by atoms with Gasteiger partial charge in [0, 0.05) is 30.5 Å². The van der Waals surface area contributed by atoms with Crippen LogP contribution in [0.15, 0.2) is 0 Å². The maximum absolute atomic E-state index is 12.4. The summed E-state index contributed by atoms with van der Waals surface area (Å²) in [4.78, 5) is 5.38. The van der Waals surface area contributed by atoms with Crippen LogP contribution in [0, 0.1) is 5.92 Å². The molecule has 0 aliphatic carbocycles. The largest absolute Gasteiger partial charge is 0.452 e. The van der Waals surface area contributed by atoms with Crippen LogP contribution in [0.3, 0.4) is 0 Å². The normalized spacial score (nSPS) is 21.9. The molecule has 96 valence electrons. The molecule has 1 aromatic rings. The maximum Gasteiger partial charge on any atom is 0.452 e. The summed E-state index contributed by atoms with van der Waals surface area (Å²) in [7, 11) is 0. The Morgan fingerprint density at radius 3 is 2.82 bits per heavy atom. The predicted octanol–water partition coefficient (Wildman–Crippen LogP) is 3.01. The number of hydrogen-bond acceptors (Lipinski definition) is 4. The molecule has 1 aliphatic rings. The van der Waals surface area contributed by atoms with E-state index < -0.39 is 12.0 Å². The molecule has 1 aliphatic heterocycles. The van der Waals surface area contributed by atoms with Crippen molar-refractivity contribution in [2.45, 2.75) is 19.0 Å². The number of aromatic nitrogens is 2. The summed E-state index contributed by atoms with van der Waals surface area (Å²) >= 11 is 6.57. The van der Waals surface area contributed by atoms with E-state index in [-0.39, 0.29) is 0 Å². The first-order chi connectivity index (χ1) is 8.00. The van der Waals surface area contributed by atoms with E-state index in [4.69, 9.17) is 11.6 Å². The Morgan fingerprint density at radius 1 is 1.47 bits per heavy atom. The molecular formula is C9H11ClF3N3S. The summed E-state index contributed by atoms with van der Waals surface area (Å²) in [6, 6.07) is 0. The quantitative estimate of drug-likeness (QED) is 0.782. The Hall–Kier alpha value is -0.560. The van der Waals surface area contributed by atoms with E-state index in [2.05, 4.69) is 9.36 Å². The van der Waals surface area contributed by atoms with Crippen LogP contribution >= 0.6 is 23.1 Å². The second kappa shape index (κ2) is 4.97. The number of halogens is 4. The minimum atomic E-state index is -4.46. The van der Waals surface area contributed by atoms with Gasteiger partial charge in [-0.3, -0.25) is 0 Å². The summed E-state index contributed by atoms with van der Waals surface area (Å²) in [5.74, 6) is -0.198. The van der Waals surface area contributed by atoms with Gasteiger partial charge in [0.25, 0.3) is 0 Å². The van der Waals surface area contributed by atoms with Gasteiger partial charge in [-0.05, 0) is 18.8 Å². The smallest absolute Gasteiger partial charge is 0.347 e. The monoisotopic (exact) mass is 285 g/mol. The summed E-state index contributed by atoms with van der Waals surface area (Å²) in [6.07, 6.45) is -2.51. The van der Waals surface area contributed by atoms with Crippen molar-refractivity contribution in [3.8, 4) is 0 Å². The lowest BCUT2D eigenvalue weighted by atomic mass is 10.0. The van der Waals surface area contributed by atoms with Crippen LogP contribution in [0.5, 0.6) is 0 Å². The van der Waals surface area contributed by atoms with Crippen LogP contribution in [0.2, 0.25) is 0 Å². The highest BCUT2D eigenvalue weighted by Crippen LogP contribution is 2.31. The van der Waals surface area contributed by atoms with Crippen LogP contribution in [0.1, 0.15) is 18.7 Å². The van der Waals surface area contributed by atoms with Gasteiger partial charge >= 0.3 is 6.18 Å². The lowest BCUT2D eigenvalue weighted by molar-refractivity contribution is -0.144. The molecule has 1 fully saturated rings. The molecule has 8 heteroatoms. The standard InChI is InChI=1S/C9H11ClF3N3S/c10-4-6-2-1-3-16(5-6)8-14-7(15-17-8)9(11,12)13/h6H,1-5H2. The Labute approximate surface area is 106 Å². The molecule has 2 rings (SSSR count). The van der Waals surface area contributed by atoms with Gasteiger partial charge in [0.2, 0.25) is 11.0 Å². The lowest BCUT2D eigenvalue weighted by Crippen LogP contribution is -2.36. The zero-order valence-corrected chi connectivity index (χ0v) is 10.4. The molecule has 0 N–H and O–H groups in total. The van der Waals surface area contributed by atoms with Crippen molar-refractivity contribution < 1.29 is 13.2 Å². The minimum Gasteiger partial charge on any atom is -0.347 e. The van der Waals surface area contributed by atoms with E-state index in [9.17, 15) is 13.2 Å². The number of alkyl halides is 4. The van der Waals surface area contributed by atoms with Crippen molar-refractivity contribution >= 4 is 28.3 Å². The van der Waals surface area contributed by atoms with E-state index in [0.717, 1.165) is 30.9 Å². The third-order valence-corrected chi connectivity index (χ3v) is 3.89. The van der Waals surface area contributed by atoms with Crippen molar-refractivity contribution in [2.24, 2.45) is 5.92 Å². The molecule has 0 radical (unpaired) electrons. The van der Waals surface area contributed by atoms with Crippen LogP contribution in [-0.4, -0.2) is 28.3 Å². The average molecular weight is 286 g/mol. The number of piperidine rings is 1. The zero-order chi connectivity index (χ0) is 12.5. The molecule has 3 nitrogen and oxygen atoms in total. The number of rotatable bonds is 2. The Morgan fingerprint density at radius 2 is 2.24 bits per heavy atom. The molecule has 2 heterocycles. The Bertz CT molecular complexity index is 382. The molecule has 1 atom stereocenters. The summed E-state index contributed by atoms with van der Waals surface area (Å²) in [6.45, 7) is 1.38. The van der Waals surface area contributed by atoms with Crippen LogP contribution < -0.4 is 4.90 Å². The highest BCUT2D eigenvalue weighted by atomic mass is 35.5. The third-order valence-electron chi connectivity index (χ3n) is 2.68. The minimum absolute atomic E-state index is 0.323. The fourth-order valence-corrected chi connectivity index (χ4v) is 2.80. The van der Waals surface area contributed by atoms with Gasteiger partial charge in [-0.25, -0.2) is 0 Å². The predicted molar refractivity (Wildman–Crippen MR) is 60.6 cm³/mol. The Kier molecular flexibility index (Phi) is 3.77. The van der Waals surface area contributed by atoms with Crippen molar-refractivity contribution in [2.75, 3.05) is 23.9 Å². The zero-order valence-electron chi connectivity index (χ0n) is 8.87. The second-order valence-corrected chi connectivity index (χ2v) is 5.05. The molecule has 0 aromatic carbocycles. The highest BCUT2D eigenvalue weighted by Gasteiger charge is 2.37. The van der Waals surface area contributed by atoms with Gasteiger partial charge < -0.3 is 4.90 Å². The van der Waals surface area contributed by atoms with Crippen LogP contribution in [0.25, 0.3) is 0 Å². The Balaban J connectivity index is 2.09. The van der Waals surface area contributed by atoms with Gasteiger partial charge in [0.1, 0.15) is 0 Å². The van der Waals surface area contributed by atoms with Gasteiger partial charge in [0.15, 0.2) is 0 Å². The SMILES string of the molecule is FC(F)(F)c1nsc(N2CCCC(CCl)C2)n1. The average Bonchev–Trinajstić information content (AvgIpc) is 2.78. The molecule has 1 aromatic heterocycles. The second-order valence-electron chi connectivity index (χ2n) is 4.01. The molecule has 1 unspecified atom stereocenters. The number of anilines is 1. The van der Waals surface area contributed by atoms with Gasteiger partial charge in [-0.1, -0.05) is 0 Å². The number of nitrogens with zero attached hydrogens (tertiary/aromatic N) is 3. The molecule has 1 saturated heterocycles. The van der Waals surface area contributed by atoms with E-state index in [1.54, 1.807) is 0 Å². The van der Waals surface area contributed by atoms with Gasteiger partial charge in [0.05, 0.1) is 0 Å². The van der Waals surface area contributed by atoms with E-state index in [1.807, 2.05) is 4.90 Å². The van der Waals surface area contributed by atoms with E-state index in [0.29, 0.717) is 23.5 Å². The summed E-state index contributed by atoms with van der Waals surface area (Å²) in [5.41, 5.74) is 0. The fourth-order valence-electron chi connectivity index (χ4n) is 1.82. The molecule has 17 heavy (non-hydrogen) atoms. The molecule has 0 amide bonds. The third kappa shape index (κ3) is 3.01. The molecule has 0 spiro atoms. The van der Waals surface area contributed by atoms with Crippen molar-refractivity contribution in [1.29, 1.82) is 0 Å². The van der Waals surface area contributed by atoms with Crippen LogP contribution in [-0.2, 0) is 6.18 Å². The fraction of sp³-hybridized carbons (Fsp3) is 0.778. The highest BCUT2D eigenvalue weighted by molar-refractivity contribution is 7.09. The first-order valence-corrected chi connectivity index (χ1v) is 6.53. The van der Waals surface area contributed by atoms with Crippen molar-refractivity contribution in [3.63, 3.8) is 0 Å². The van der Waals surface area contributed by atoms with Crippen molar-refractivity contribution in [3.05, 3.63) is 5.82 Å². The summed E-state index contributed by atoms with van der Waals surface area (Å²) in [5, 5.41) is 0.340. The topological polar surface area (TPSA) is 29.0 Å². The van der Waals surface area contributed by atoms with E-state index >= 15 is 0 Å². The molecule has 0 saturated carbocycles.